The molecule has 216 valence electrons. The van der Waals surface area contributed by atoms with Gasteiger partial charge in [0.25, 0.3) is 23.9 Å². The number of benzene rings is 1. The highest BCUT2D eigenvalue weighted by atomic mass is 35.5. The number of non-ortho nitro benzene ring substituents is 1. The average Bonchev–Trinajstić information content (AvgIpc) is 3.65. The number of nitrogens with zero attached hydrogens (tertiary/aromatic N) is 6. The third-order valence-electron chi connectivity index (χ3n) is 6.25. The molecule has 0 spiro atoms. The predicted molar refractivity (Wildman–Crippen MR) is 149 cm³/mol. The summed E-state index contributed by atoms with van der Waals surface area (Å²) in [7, 11) is 1.69. The molecule has 2 amide bonds. The Morgan fingerprint density at radius 2 is 2.02 bits per heavy atom. The lowest BCUT2D eigenvalue weighted by Crippen LogP contribution is -2.18. The maximum absolute atomic E-state index is 13.7. The summed E-state index contributed by atoms with van der Waals surface area (Å²) in [5, 5.41) is 22.1. The van der Waals surface area contributed by atoms with Crippen LogP contribution in [-0.2, 0) is 13.8 Å². The molecule has 0 bridgehead atoms. The van der Waals surface area contributed by atoms with Crippen molar-refractivity contribution in [2.45, 2.75) is 20.1 Å². The summed E-state index contributed by atoms with van der Waals surface area (Å²) in [5.74, 6) is -1.45. The molecular formula is C25H19ClF2N8O5S. The molecule has 1 aromatic carbocycles. The minimum Gasteiger partial charge on any atom is -0.470 e. The second-order valence-corrected chi connectivity index (χ2v) is 10.3. The number of carbonyl (C=O) groups is 2. The molecule has 0 saturated heterocycles. The highest BCUT2D eigenvalue weighted by Gasteiger charge is 2.27. The van der Waals surface area contributed by atoms with E-state index in [9.17, 15) is 28.5 Å². The van der Waals surface area contributed by atoms with E-state index in [0.29, 0.717) is 16.8 Å². The van der Waals surface area contributed by atoms with E-state index in [1.54, 1.807) is 18.7 Å². The van der Waals surface area contributed by atoms with Crippen LogP contribution in [0, 0.1) is 17.0 Å². The number of hydrogen-bond acceptors (Lipinski definition) is 9. The van der Waals surface area contributed by atoms with Crippen molar-refractivity contribution in [1.82, 2.24) is 24.5 Å². The van der Waals surface area contributed by atoms with Crippen LogP contribution in [-0.4, -0.2) is 41.3 Å². The predicted octanol–water partition coefficient (Wildman–Crippen LogP) is 5.09. The van der Waals surface area contributed by atoms with Crippen LogP contribution in [0.4, 0.5) is 20.2 Å². The summed E-state index contributed by atoms with van der Waals surface area (Å²) >= 11 is 6.82. The zero-order valence-corrected chi connectivity index (χ0v) is 23.2. The minimum absolute atomic E-state index is 0.00234. The van der Waals surface area contributed by atoms with Gasteiger partial charge in [-0.3, -0.25) is 24.4 Å². The number of fused-ring (bicyclic) bond motifs is 1. The average molecular weight is 617 g/mol. The van der Waals surface area contributed by atoms with E-state index in [1.807, 2.05) is 0 Å². The van der Waals surface area contributed by atoms with Crippen LogP contribution in [0.1, 0.15) is 38.0 Å². The van der Waals surface area contributed by atoms with Crippen LogP contribution < -0.4 is 15.8 Å². The largest absolute Gasteiger partial charge is 0.470 e. The molecule has 4 aromatic heterocycles. The Balaban J connectivity index is 1.47. The number of ether oxygens (including phenoxy) is 1. The van der Waals surface area contributed by atoms with Crippen molar-refractivity contribution in [2.24, 2.45) is 12.8 Å². The Labute approximate surface area is 243 Å². The van der Waals surface area contributed by atoms with Gasteiger partial charge < -0.3 is 15.8 Å². The van der Waals surface area contributed by atoms with Crippen LogP contribution in [0.5, 0.6) is 5.75 Å². The molecule has 0 aliphatic carbocycles. The number of nitrogens with one attached hydrogen (secondary N) is 1. The molecule has 4 heterocycles. The van der Waals surface area contributed by atoms with Gasteiger partial charge in [-0.2, -0.15) is 10.2 Å². The number of alkyl halides is 2. The number of rotatable bonds is 9. The zero-order chi connectivity index (χ0) is 30.3. The monoisotopic (exact) mass is 616 g/mol. The first-order valence-electron chi connectivity index (χ1n) is 11.9. The number of nitro groups is 1. The maximum Gasteiger partial charge on any atom is 0.280 e. The number of nitro benzene ring substituents is 1. The molecule has 5 rings (SSSR count). The number of aryl methyl sites for hydroxylation is 1. The van der Waals surface area contributed by atoms with Gasteiger partial charge in [0, 0.05) is 42.0 Å². The molecule has 3 N–H and O–H groups in total. The normalized spacial score (nSPS) is 11.3. The van der Waals surface area contributed by atoms with Crippen molar-refractivity contribution >= 4 is 56.3 Å². The van der Waals surface area contributed by atoms with E-state index in [4.69, 9.17) is 22.1 Å². The first kappa shape index (κ1) is 28.6. The lowest BCUT2D eigenvalue weighted by Gasteiger charge is -2.10. The van der Waals surface area contributed by atoms with Gasteiger partial charge in [0.15, 0.2) is 12.4 Å². The topological polar surface area (TPSA) is 173 Å². The summed E-state index contributed by atoms with van der Waals surface area (Å²) < 4.78 is 35.9. The first-order chi connectivity index (χ1) is 19.9. The Hall–Kier alpha value is -4.96. The van der Waals surface area contributed by atoms with Crippen molar-refractivity contribution in [1.29, 1.82) is 0 Å². The summed E-state index contributed by atoms with van der Waals surface area (Å²) in [6.45, 7) is 1.55. The van der Waals surface area contributed by atoms with E-state index in [0.717, 1.165) is 17.4 Å². The standard InChI is InChI=1S/C25H19ClF2N8O5S/c1-11-14(9-30-34(11)2)13-8-17(22(27)28)31-25-19(13)20(21(42-25)23(29)37)32-24(38)16-5-6-35(33-16)10-41-18-4-3-12(36(39)40)7-15(18)26/h3-9,22H,10H2,1-2H3,(H2,29,37)(H,32,38). The van der Waals surface area contributed by atoms with E-state index in [2.05, 4.69) is 20.5 Å². The van der Waals surface area contributed by atoms with Crippen molar-refractivity contribution in [3.05, 3.63) is 79.8 Å². The van der Waals surface area contributed by atoms with Gasteiger partial charge in [0.2, 0.25) is 0 Å². The lowest BCUT2D eigenvalue weighted by molar-refractivity contribution is -0.384. The molecule has 17 heteroatoms. The maximum atomic E-state index is 13.7. The highest BCUT2D eigenvalue weighted by molar-refractivity contribution is 7.21. The molecular weight excluding hydrogens is 598 g/mol. The fourth-order valence-corrected chi connectivity index (χ4v) is 5.33. The zero-order valence-electron chi connectivity index (χ0n) is 21.7. The molecule has 0 saturated carbocycles. The van der Waals surface area contributed by atoms with E-state index < -0.39 is 28.9 Å². The molecule has 0 aliphatic heterocycles. The SMILES string of the molecule is Cc1c(-c2cc(C(F)F)nc3sc(C(N)=O)c(NC(=O)c4ccn(COc5ccc([N+](=O)[O-])cc5Cl)n4)c23)cnn1C. The van der Waals surface area contributed by atoms with Crippen LogP contribution in [0.15, 0.2) is 42.7 Å². The Morgan fingerprint density at radius 3 is 2.64 bits per heavy atom. The smallest absolute Gasteiger partial charge is 0.280 e. The fourth-order valence-electron chi connectivity index (χ4n) is 4.09. The molecule has 0 unspecified atom stereocenters. The van der Waals surface area contributed by atoms with Crippen molar-refractivity contribution in [3.8, 4) is 16.9 Å². The van der Waals surface area contributed by atoms with Crippen LogP contribution in [0.3, 0.4) is 0 Å². The highest BCUT2D eigenvalue weighted by Crippen LogP contribution is 2.43. The van der Waals surface area contributed by atoms with Gasteiger partial charge in [0.05, 0.1) is 21.8 Å². The van der Waals surface area contributed by atoms with Gasteiger partial charge in [-0.05, 0) is 30.7 Å². The summed E-state index contributed by atoms with van der Waals surface area (Å²) in [6.07, 6.45) is 0.0377. The Bertz CT molecular complexity index is 1890. The lowest BCUT2D eigenvalue weighted by atomic mass is 10.0. The molecule has 13 nitrogen and oxygen atoms in total. The van der Waals surface area contributed by atoms with Gasteiger partial charge in [-0.15, -0.1) is 11.3 Å². The van der Waals surface area contributed by atoms with Crippen molar-refractivity contribution in [3.63, 3.8) is 0 Å². The van der Waals surface area contributed by atoms with Crippen LogP contribution in [0.2, 0.25) is 5.02 Å². The number of halogens is 3. The number of pyridine rings is 1. The van der Waals surface area contributed by atoms with Gasteiger partial charge in [0.1, 0.15) is 21.2 Å². The number of hydrogen-bond donors (Lipinski definition) is 2. The number of aromatic nitrogens is 5. The third kappa shape index (κ3) is 5.36. The molecule has 0 aliphatic rings. The Morgan fingerprint density at radius 1 is 1.26 bits per heavy atom. The minimum atomic E-state index is -2.89. The van der Waals surface area contributed by atoms with Gasteiger partial charge in [-0.1, -0.05) is 11.6 Å². The third-order valence-corrected chi connectivity index (χ3v) is 7.64. The van der Waals surface area contributed by atoms with Gasteiger partial charge >= 0.3 is 0 Å². The van der Waals surface area contributed by atoms with E-state index in [1.165, 1.54) is 41.3 Å². The van der Waals surface area contributed by atoms with E-state index in [-0.39, 0.29) is 49.7 Å². The van der Waals surface area contributed by atoms with Gasteiger partial charge in [-0.25, -0.2) is 18.4 Å². The number of primary amides is 1. The fraction of sp³-hybridized carbons (Fsp3) is 0.160. The molecule has 0 radical (unpaired) electrons. The summed E-state index contributed by atoms with van der Waals surface area (Å²) in [5.41, 5.74) is 6.25. The Kier molecular flexibility index (Phi) is 7.57. The quantitative estimate of drug-likeness (QED) is 0.170. The van der Waals surface area contributed by atoms with Crippen LogP contribution >= 0.6 is 22.9 Å². The summed E-state index contributed by atoms with van der Waals surface area (Å²) in [6, 6.07) is 6.28. The first-order valence-corrected chi connectivity index (χ1v) is 13.1. The second-order valence-electron chi connectivity index (χ2n) is 8.85. The van der Waals surface area contributed by atoms with E-state index >= 15 is 0 Å². The molecule has 42 heavy (non-hydrogen) atoms. The molecule has 0 atom stereocenters. The number of nitrogens with two attached hydrogens (primary N) is 1. The molecule has 0 fully saturated rings. The van der Waals surface area contributed by atoms with Crippen molar-refractivity contribution < 1.29 is 28.0 Å². The second kappa shape index (κ2) is 11.1. The summed E-state index contributed by atoms with van der Waals surface area (Å²) in [4.78, 5) is 39.9. The van der Waals surface area contributed by atoms with Crippen molar-refractivity contribution in [2.75, 3.05) is 5.32 Å². The number of amides is 2. The number of anilines is 1. The van der Waals surface area contributed by atoms with Crippen LogP contribution in [0.25, 0.3) is 21.3 Å². The molecule has 5 aromatic rings. The number of carbonyl (C=O) groups excluding carboxylic acids is 2. The number of thiophene rings is 1.